The maximum Gasteiger partial charge on any atom is 0.243 e. The van der Waals surface area contributed by atoms with Gasteiger partial charge in [-0.2, -0.15) is 0 Å². The van der Waals surface area contributed by atoms with E-state index in [1.54, 1.807) is 42.2 Å². The molecule has 39 heavy (non-hydrogen) atoms. The molecular weight excluding hydrogens is 541 g/mol. The molecule has 2 aromatic carbocycles. The lowest BCUT2D eigenvalue weighted by molar-refractivity contribution is -0.141. The molecule has 214 valence electrons. The Balaban J connectivity index is 1.77. The summed E-state index contributed by atoms with van der Waals surface area (Å²) in [6, 6.07) is 10.4. The number of hydrogen-bond acceptors (Lipinski definition) is 4. The number of benzene rings is 2. The van der Waals surface area contributed by atoms with E-state index in [2.05, 4.69) is 5.32 Å². The number of nitrogens with one attached hydrogen (secondary N) is 1. The molecule has 1 fully saturated rings. The summed E-state index contributed by atoms with van der Waals surface area (Å²) in [5, 5.41) is 3.59. The van der Waals surface area contributed by atoms with Crippen molar-refractivity contribution in [3.63, 3.8) is 0 Å². The molecule has 10 heteroatoms. The van der Waals surface area contributed by atoms with Crippen molar-refractivity contribution in [2.75, 3.05) is 17.1 Å². The second-order valence-corrected chi connectivity index (χ2v) is 12.6. The fourth-order valence-corrected chi connectivity index (χ4v) is 6.28. The summed E-state index contributed by atoms with van der Waals surface area (Å²) in [6.45, 7) is 3.85. The summed E-state index contributed by atoms with van der Waals surface area (Å²) in [6.07, 6.45) is 7.00. The number of halogens is 2. The van der Waals surface area contributed by atoms with Crippen molar-refractivity contribution in [3.8, 4) is 0 Å². The minimum atomic E-state index is -3.63. The van der Waals surface area contributed by atoms with Crippen LogP contribution in [0.3, 0.4) is 0 Å². The number of carbonyl (C=O) groups is 2. The highest BCUT2D eigenvalue weighted by molar-refractivity contribution is 7.92. The number of rotatable bonds is 12. The van der Waals surface area contributed by atoms with Crippen LogP contribution in [0.15, 0.2) is 42.5 Å². The fourth-order valence-electron chi connectivity index (χ4n) is 5.10. The Morgan fingerprint density at radius 3 is 2.38 bits per heavy atom. The minimum absolute atomic E-state index is 0.0417. The molecule has 1 aliphatic carbocycles. The van der Waals surface area contributed by atoms with Gasteiger partial charge in [-0.3, -0.25) is 13.9 Å². The third-order valence-electron chi connectivity index (χ3n) is 7.26. The number of carbonyl (C=O) groups excluding carboxylic acids is 2. The zero-order chi connectivity index (χ0) is 28.6. The number of nitrogens with zero attached hydrogens (tertiary/aromatic N) is 2. The summed E-state index contributed by atoms with van der Waals surface area (Å²) in [5.41, 5.74) is 1.82. The third kappa shape index (κ3) is 8.67. The highest BCUT2D eigenvalue weighted by atomic mass is 35.5. The van der Waals surface area contributed by atoms with Gasteiger partial charge in [-0.25, -0.2) is 12.8 Å². The summed E-state index contributed by atoms with van der Waals surface area (Å²) >= 11 is 6.23. The lowest BCUT2D eigenvalue weighted by Gasteiger charge is -2.33. The first kappa shape index (κ1) is 30.9. The summed E-state index contributed by atoms with van der Waals surface area (Å²) < 4.78 is 40.0. The quantitative estimate of drug-likeness (QED) is 0.355. The molecule has 0 heterocycles. The van der Waals surface area contributed by atoms with Gasteiger partial charge in [-0.05, 0) is 68.0 Å². The lowest BCUT2D eigenvalue weighted by Crippen LogP contribution is -2.51. The number of sulfonamides is 1. The minimum Gasteiger partial charge on any atom is -0.352 e. The van der Waals surface area contributed by atoms with Crippen LogP contribution in [-0.2, 0) is 26.2 Å². The summed E-state index contributed by atoms with van der Waals surface area (Å²) in [7, 11) is -3.63. The van der Waals surface area contributed by atoms with E-state index in [4.69, 9.17) is 11.6 Å². The largest absolute Gasteiger partial charge is 0.352 e. The monoisotopic (exact) mass is 579 g/mol. The van der Waals surface area contributed by atoms with E-state index >= 15 is 0 Å². The van der Waals surface area contributed by atoms with E-state index in [-0.39, 0.29) is 49.6 Å². The summed E-state index contributed by atoms with van der Waals surface area (Å²) in [4.78, 5) is 28.5. The van der Waals surface area contributed by atoms with E-state index in [0.29, 0.717) is 28.3 Å². The Hall–Kier alpha value is -2.65. The van der Waals surface area contributed by atoms with Gasteiger partial charge in [0.1, 0.15) is 11.9 Å². The van der Waals surface area contributed by atoms with Crippen LogP contribution in [-0.4, -0.2) is 50.0 Å². The molecule has 1 saturated carbocycles. The first-order chi connectivity index (χ1) is 18.5. The molecule has 7 nitrogen and oxygen atoms in total. The van der Waals surface area contributed by atoms with Gasteiger partial charge in [0.2, 0.25) is 21.8 Å². The van der Waals surface area contributed by atoms with Gasteiger partial charge in [0, 0.05) is 30.6 Å². The van der Waals surface area contributed by atoms with E-state index in [9.17, 15) is 22.4 Å². The zero-order valence-electron chi connectivity index (χ0n) is 23.0. The Kier molecular flexibility index (Phi) is 11.2. The van der Waals surface area contributed by atoms with Crippen LogP contribution < -0.4 is 9.62 Å². The zero-order valence-corrected chi connectivity index (χ0v) is 24.5. The molecule has 0 spiro atoms. The van der Waals surface area contributed by atoms with E-state index in [1.165, 1.54) is 16.4 Å². The molecule has 1 N–H and O–H groups in total. The Morgan fingerprint density at radius 1 is 1.10 bits per heavy atom. The maximum absolute atomic E-state index is 13.6. The van der Waals surface area contributed by atoms with Crippen LogP contribution in [0.1, 0.15) is 69.4 Å². The molecule has 0 saturated heterocycles. The number of amides is 2. The van der Waals surface area contributed by atoms with Crippen LogP contribution in [0.25, 0.3) is 0 Å². The number of hydrogen-bond donors (Lipinski definition) is 1. The second kappa shape index (κ2) is 14.1. The van der Waals surface area contributed by atoms with Crippen molar-refractivity contribution in [1.82, 2.24) is 10.2 Å². The Bertz CT molecular complexity index is 1230. The first-order valence-corrected chi connectivity index (χ1v) is 15.8. The molecular formula is C29H39ClFN3O4S. The normalized spacial score (nSPS) is 15.0. The molecule has 1 aliphatic rings. The second-order valence-electron chi connectivity index (χ2n) is 10.2. The first-order valence-electron chi connectivity index (χ1n) is 13.6. The molecule has 0 aromatic heterocycles. The smallest absolute Gasteiger partial charge is 0.243 e. The van der Waals surface area contributed by atoms with Crippen molar-refractivity contribution in [3.05, 3.63) is 64.4 Å². The highest BCUT2D eigenvalue weighted by Crippen LogP contribution is 2.28. The van der Waals surface area contributed by atoms with Gasteiger partial charge in [-0.15, -0.1) is 0 Å². The molecule has 2 aromatic rings. The van der Waals surface area contributed by atoms with Crippen molar-refractivity contribution in [1.29, 1.82) is 0 Å². The Labute approximate surface area is 236 Å². The molecule has 2 amide bonds. The van der Waals surface area contributed by atoms with Gasteiger partial charge in [-0.1, -0.05) is 56.0 Å². The van der Waals surface area contributed by atoms with E-state index in [0.717, 1.165) is 38.4 Å². The van der Waals surface area contributed by atoms with E-state index in [1.807, 2.05) is 6.92 Å². The highest BCUT2D eigenvalue weighted by Gasteiger charge is 2.30. The van der Waals surface area contributed by atoms with Gasteiger partial charge >= 0.3 is 0 Å². The topological polar surface area (TPSA) is 86.8 Å². The summed E-state index contributed by atoms with van der Waals surface area (Å²) in [5.74, 6) is -0.829. The van der Waals surface area contributed by atoms with Crippen LogP contribution in [0.5, 0.6) is 0 Å². The average molecular weight is 580 g/mol. The third-order valence-corrected chi connectivity index (χ3v) is 8.85. The maximum atomic E-state index is 13.6. The SMILES string of the molecule is CCC(C(=O)NC1CCCCC1)N(Cc1ccc(F)cc1)C(=O)CCCN(c1cccc(Cl)c1C)S(C)(=O)=O. The Morgan fingerprint density at radius 2 is 1.77 bits per heavy atom. The van der Waals surface area contributed by atoms with Gasteiger partial charge in [0.25, 0.3) is 0 Å². The van der Waals surface area contributed by atoms with Crippen LogP contribution in [0.4, 0.5) is 10.1 Å². The van der Waals surface area contributed by atoms with Gasteiger partial charge in [0.05, 0.1) is 11.9 Å². The van der Waals surface area contributed by atoms with Crippen molar-refractivity contribution in [2.24, 2.45) is 0 Å². The van der Waals surface area contributed by atoms with E-state index < -0.39 is 16.1 Å². The standard InChI is InChI=1S/C29H39ClFN3O4S/c1-4-26(29(36)32-24-10-6-5-7-11-24)33(20-22-15-17-23(31)18-16-22)28(35)14-9-19-34(39(3,37)38)27-13-8-12-25(30)21(27)2/h8,12-13,15-18,24,26H,4-7,9-11,14,19-20H2,1-3H3,(H,32,36). The predicted molar refractivity (Wildman–Crippen MR) is 154 cm³/mol. The lowest BCUT2D eigenvalue weighted by atomic mass is 9.95. The van der Waals surface area contributed by atoms with Crippen LogP contribution in [0.2, 0.25) is 5.02 Å². The van der Waals surface area contributed by atoms with Gasteiger partial charge < -0.3 is 10.2 Å². The fraction of sp³-hybridized carbons (Fsp3) is 0.517. The molecule has 1 unspecified atom stereocenters. The average Bonchev–Trinajstić information content (AvgIpc) is 2.89. The molecule has 0 radical (unpaired) electrons. The molecule has 3 rings (SSSR count). The van der Waals surface area contributed by atoms with Crippen molar-refractivity contribution < 1.29 is 22.4 Å². The number of anilines is 1. The predicted octanol–water partition coefficient (Wildman–Crippen LogP) is 5.59. The molecule has 0 aliphatic heterocycles. The van der Waals surface area contributed by atoms with Crippen molar-refractivity contribution >= 4 is 39.1 Å². The van der Waals surface area contributed by atoms with Gasteiger partial charge in [0.15, 0.2) is 0 Å². The van der Waals surface area contributed by atoms with Crippen LogP contribution >= 0.6 is 11.6 Å². The molecule has 0 bridgehead atoms. The molecule has 1 atom stereocenters. The van der Waals surface area contributed by atoms with Crippen molar-refractivity contribution in [2.45, 2.75) is 83.8 Å². The van der Waals surface area contributed by atoms with Crippen LogP contribution in [0, 0.1) is 12.7 Å².